The van der Waals surface area contributed by atoms with E-state index < -0.39 is 0 Å². The number of rotatable bonds is 3. The SMILES string of the molecule is CC(C)NC(=O)Cn1nc2c3ccccc3nc(C(C)(C)C)n2c1=O. The maximum atomic E-state index is 12.9. The molecule has 25 heavy (non-hydrogen) atoms. The average molecular weight is 341 g/mol. The van der Waals surface area contributed by atoms with E-state index in [1.165, 1.54) is 9.08 Å². The molecule has 132 valence electrons. The first-order valence-corrected chi connectivity index (χ1v) is 8.36. The Hall–Kier alpha value is -2.70. The van der Waals surface area contributed by atoms with Crippen LogP contribution in [0.15, 0.2) is 29.1 Å². The van der Waals surface area contributed by atoms with Crippen LogP contribution in [0.3, 0.4) is 0 Å². The molecule has 0 atom stereocenters. The van der Waals surface area contributed by atoms with Crippen molar-refractivity contribution in [3.63, 3.8) is 0 Å². The van der Waals surface area contributed by atoms with Gasteiger partial charge in [0.2, 0.25) is 5.91 Å². The van der Waals surface area contributed by atoms with E-state index in [1.807, 2.05) is 58.9 Å². The molecule has 0 bridgehead atoms. The molecule has 3 rings (SSSR count). The van der Waals surface area contributed by atoms with Crippen molar-refractivity contribution in [2.24, 2.45) is 0 Å². The molecule has 0 unspecified atom stereocenters. The standard InChI is InChI=1S/C18H23N5O2/c1-11(2)19-14(24)10-22-17(25)23-15(21-22)12-8-6-7-9-13(12)20-16(23)18(3,4)5/h6-9,11H,10H2,1-5H3,(H,19,24). The number of nitrogens with one attached hydrogen (secondary N) is 1. The number of fused-ring (bicyclic) bond motifs is 3. The third kappa shape index (κ3) is 3.14. The van der Waals surface area contributed by atoms with Crippen molar-refractivity contribution in [3.05, 3.63) is 40.6 Å². The summed E-state index contributed by atoms with van der Waals surface area (Å²) in [5.74, 6) is 0.386. The van der Waals surface area contributed by atoms with Gasteiger partial charge in [-0.3, -0.25) is 4.79 Å². The van der Waals surface area contributed by atoms with E-state index in [2.05, 4.69) is 15.4 Å². The molecule has 1 amide bonds. The van der Waals surface area contributed by atoms with Crippen LogP contribution < -0.4 is 11.0 Å². The van der Waals surface area contributed by atoms with E-state index in [-0.39, 0.29) is 29.6 Å². The summed E-state index contributed by atoms with van der Waals surface area (Å²) in [7, 11) is 0. The normalized spacial score (nSPS) is 12.2. The van der Waals surface area contributed by atoms with Crippen molar-refractivity contribution in [1.82, 2.24) is 24.5 Å². The van der Waals surface area contributed by atoms with Crippen molar-refractivity contribution in [1.29, 1.82) is 0 Å². The topological polar surface area (TPSA) is 81.3 Å². The first-order chi connectivity index (χ1) is 11.7. The number of carbonyl (C=O) groups excluding carboxylic acids is 1. The summed E-state index contributed by atoms with van der Waals surface area (Å²) in [6.07, 6.45) is 0. The third-order valence-corrected chi connectivity index (χ3v) is 3.84. The highest BCUT2D eigenvalue weighted by atomic mass is 16.2. The number of nitrogens with zero attached hydrogens (tertiary/aromatic N) is 4. The second-order valence-electron chi connectivity index (χ2n) is 7.52. The fourth-order valence-electron chi connectivity index (χ4n) is 2.81. The molecule has 0 saturated heterocycles. The molecule has 3 aromatic rings. The zero-order valence-corrected chi connectivity index (χ0v) is 15.2. The summed E-state index contributed by atoms with van der Waals surface area (Å²) in [4.78, 5) is 29.7. The fraction of sp³-hybridized carbons (Fsp3) is 0.444. The number of hydrogen-bond acceptors (Lipinski definition) is 4. The predicted octanol–water partition coefficient (Wildman–Crippen LogP) is 1.87. The molecular weight excluding hydrogens is 318 g/mol. The van der Waals surface area contributed by atoms with Gasteiger partial charge in [-0.1, -0.05) is 32.9 Å². The molecule has 7 nitrogen and oxygen atoms in total. The van der Waals surface area contributed by atoms with Gasteiger partial charge in [0.1, 0.15) is 12.4 Å². The minimum atomic E-state index is -0.350. The molecule has 0 fully saturated rings. The zero-order chi connectivity index (χ0) is 18.4. The smallest absolute Gasteiger partial charge is 0.352 e. The highest BCUT2D eigenvalue weighted by Crippen LogP contribution is 2.24. The molecule has 7 heteroatoms. The highest BCUT2D eigenvalue weighted by Gasteiger charge is 2.24. The Morgan fingerprint density at radius 3 is 2.56 bits per heavy atom. The molecule has 1 aromatic carbocycles. The van der Waals surface area contributed by atoms with E-state index in [4.69, 9.17) is 0 Å². The quantitative estimate of drug-likeness (QED) is 0.788. The van der Waals surface area contributed by atoms with Crippen LogP contribution >= 0.6 is 0 Å². The van der Waals surface area contributed by atoms with Crippen molar-refractivity contribution in [3.8, 4) is 0 Å². The van der Waals surface area contributed by atoms with Gasteiger partial charge in [0, 0.05) is 16.8 Å². The average Bonchev–Trinajstić information content (AvgIpc) is 2.82. The van der Waals surface area contributed by atoms with Gasteiger partial charge in [0.05, 0.1) is 5.52 Å². The van der Waals surface area contributed by atoms with Crippen LogP contribution in [0.4, 0.5) is 0 Å². The molecule has 0 aliphatic carbocycles. The second-order valence-corrected chi connectivity index (χ2v) is 7.52. The minimum Gasteiger partial charge on any atom is -0.352 e. The zero-order valence-electron chi connectivity index (χ0n) is 15.2. The maximum absolute atomic E-state index is 12.9. The Morgan fingerprint density at radius 2 is 1.92 bits per heavy atom. The van der Waals surface area contributed by atoms with Crippen molar-refractivity contribution in [2.75, 3.05) is 0 Å². The van der Waals surface area contributed by atoms with Gasteiger partial charge in [-0.25, -0.2) is 18.9 Å². The summed E-state index contributed by atoms with van der Waals surface area (Å²) in [5, 5.41) is 8.00. The van der Waals surface area contributed by atoms with Gasteiger partial charge in [-0.15, -0.1) is 5.10 Å². The van der Waals surface area contributed by atoms with E-state index >= 15 is 0 Å². The van der Waals surface area contributed by atoms with Gasteiger partial charge < -0.3 is 5.32 Å². The van der Waals surface area contributed by atoms with Crippen molar-refractivity contribution >= 4 is 22.5 Å². The molecule has 2 heterocycles. The Kier molecular flexibility index (Phi) is 4.10. The number of aromatic nitrogens is 4. The first-order valence-electron chi connectivity index (χ1n) is 8.36. The highest BCUT2D eigenvalue weighted by molar-refractivity contribution is 5.91. The molecule has 0 aliphatic rings. The first kappa shape index (κ1) is 17.1. The maximum Gasteiger partial charge on any atom is 0.352 e. The van der Waals surface area contributed by atoms with Gasteiger partial charge in [-0.05, 0) is 26.0 Å². The Morgan fingerprint density at radius 1 is 1.24 bits per heavy atom. The van der Waals surface area contributed by atoms with Crippen LogP contribution in [0.25, 0.3) is 16.6 Å². The summed E-state index contributed by atoms with van der Waals surface area (Å²) in [6.45, 7) is 9.63. The monoisotopic (exact) mass is 341 g/mol. The van der Waals surface area contributed by atoms with Gasteiger partial charge >= 0.3 is 5.69 Å². The molecule has 2 aromatic heterocycles. The van der Waals surface area contributed by atoms with E-state index in [9.17, 15) is 9.59 Å². The lowest BCUT2D eigenvalue weighted by atomic mass is 9.95. The Bertz CT molecular complexity index is 1010. The molecule has 0 saturated carbocycles. The number of amides is 1. The van der Waals surface area contributed by atoms with Crippen LogP contribution in [0.2, 0.25) is 0 Å². The summed E-state index contributed by atoms with van der Waals surface area (Å²) in [5.41, 5.74) is 0.610. The largest absolute Gasteiger partial charge is 0.352 e. The second kappa shape index (κ2) is 5.98. The Labute approximate surface area is 145 Å². The number of carbonyl (C=O) groups is 1. The van der Waals surface area contributed by atoms with Gasteiger partial charge in [0.25, 0.3) is 0 Å². The molecular formula is C18H23N5O2. The summed E-state index contributed by atoms with van der Waals surface area (Å²) >= 11 is 0. The van der Waals surface area contributed by atoms with E-state index in [0.717, 1.165) is 10.9 Å². The van der Waals surface area contributed by atoms with Gasteiger partial charge in [-0.2, -0.15) is 0 Å². The number of benzene rings is 1. The van der Waals surface area contributed by atoms with Crippen LogP contribution in [0, 0.1) is 0 Å². The van der Waals surface area contributed by atoms with Crippen LogP contribution in [0.5, 0.6) is 0 Å². The number of hydrogen-bond donors (Lipinski definition) is 1. The van der Waals surface area contributed by atoms with E-state index in [1.54, 1.807) is 0 Å². The molecule has 0 aliphatic heterocycles. The van der Waals surface area contributed by atoms with Crippen LogP contribution in [-0.4, -0.2) is 31.1 Å². The van der Waals surface area contributed by atoms with Crippen LogP contribution in [0.1, 0.15) is 40.4 Å². The lowest BCUT2D eigenvalue weighted by Gasteiger charge is -2.19. The van der Waals surface area contributed by atoms with Crippen LogP contribution in [-0.2, 0) is 16.8 Å². The van der Waals surface area contributed by atoms with Crippen molar-refractivity contribution in [2.45, 2.75) is 52.6 Å². The molecule has 0 spiro atoms. The lowest BCUT2D eigenvalue weighted by Crippen LogP contribution is -2.37. The third-order valence-electron chi connectivity index (χ3n) is 3.84. The molecule has 0 radical (unpaired) electrons. The lowest BCUT2D eigenvalue weighted by molar-refractivity contribution is -0.122. The fourth-order valence-corrected chi connectivity index (χ4v) is 2.81. The predicted molar refractivity (Wildman–Crippen MR) is 96.7 cm³/mol. The summed E-state index contributed by atoms with van der Waals surface area (Å²) in [6, 6.07) is 7.58. The molecule has 1 N–H and O–H groups in total. The van der Waals surface area contributed by atoms with Crippen molar-refractivity contribution < 1.29 is 4.79 Å². The summed E-state index contributed by atoms with van der Waals surface area (Å²) < 4.78 is 2.72. The Balaban J connectivity index is 2.26. The van der Waals surface area contributed by atoms with Gasteiger partial charge in [0.15, 0.2) is 5.65 Å². The number of para-hydroxylation sites is 1. The minimum absolute atomic E-state index is 0.00728. The van der Waals surface area contributed by atoms with E-state index in [0.29, 0.717) is 11.5 Å².